The molecule has 2 aromatic heterocycles. The van der Waals surface area contributed by atoms with Gasteiger partial charge in [0.25, 0.3) is 0 Å². The summed E-state index contributed by atoms with van der Waals surface area (Å²) in [6.45, 7) is 0. The highest BCUT2D eigenvalue weighted by Crippen LogP contribution is 2.28. The minimum absolute atomic E-state index is 1.05. The van der Waals surface area contributed by atoms with Gasteiger partial charge in [0.15, 0.2) is 0 Å². The third kappa shape index (κ3) is 1.36. The maximum absolute atomic E-state index is 4.45. The van der Waals surface area contributed by atoms with Crippen LogP contribution in [-0.4, -0.2) is 16.2 Å². The molecular formula is C13H10N2S. The lowest BCUT2D eigenvalue weighted by molar-refractivity contribution is 1.18. The minimum atomic E-state index is 1.05. The molecule has 0 aliphatic heterocycles. The van der Waals surface area contributed by atoms with Crippen molar-refractivity contribution in [3.05, 3.63) is 42.7 Å². The van der Waals surface area contributed by atoms with Crippen molar-refractivity contribution in [1.82, 2.24) is 9.97 Å². The number of rotatable bonds is 1. The summed E-state index contributed by atoms with van der Waals surface area (Å²) in [6, 6.07) is 10.3. The van der Waals surface area contributed by atoms with Crippen molar-refractivity contribution in [2.24, 2.45) is 0 Å². The minimum Gasteiger partial charge on any atom is -0.256 e. The predicted molar refractivity (Wildman–Crippen MR) is 68.8 cm³/mol. The fourth-order valence-corrected chi connectivity index (χ4v) is 2.50. The Hall–Kier alpha value is -1.61. The molecule has 0 spiro atoms. The predicted octanol–water partition coefficient (Wildman–Crippen LogP) is 3.50. The summed E-state index contributed by atoms with van der Waals surface area (Å²) in [6.07, 6.45) is 5.73. The maximum Gasteiger partial charge on any atom is 0.104 e. The summed E-state index contributed by atoms with van der Waals surface area (Å²) >= 11 is 1.67. The molecule has 0 aliphatic rings. The number of aromatic nitrogens is 2. The van der Waals surface area contributed by atoms with E-state index in [4.69, 9.17) is 0 Å². The first kappa shape index (κ1) is 9.60. The molecule has 0 amide bonds. The molecule has 2 nitrogen and oxygen atoms in total. The Morgan fingerprint density at radius 2 is 1.88 bits per heavy atom. The van der Waals surface area contributed by atoms with Crippen LogP contribution in [0.25, 0.3) is 21.7 Å². The summed E-state index contributed by atoms with van der Waals surface area (Å²) in [5.74, 6) is 0. The van der Waals surface area contributed by atoms with Gasteiger partial charge in [-0.15, -0.1) is 11.8 Å². The molecule has 0 saturated heterocycles. The average Bonchev–Trinajstić information content (AvgIpc) is 2.37. The van der Waals surface area contributed by atoms with Crippen LogP contribution < -0.4 is 0 Å². The second kappa shape index (κ2) is 3.76. The van der Waals surface area contributed by atoms with E-state index in [-0.39, 0.29) is 0 Å². The summed E-state index contributed by atoms with van der Waals surface area (Å²) < 4.78 is 0. The van der Waals surface area contributed by atoms with E-state index in [1.807, 2.05) is 30.8 Å². The third-order valence-electron chi connectivity index (χ3n) is 2.67. The Kier molecular flexibility index (Phi) is 2.26. The van der Waals surface area contributed by atoms with Crippen molar-refractivity contribution in [2.45, 2.75) is 5.03 Å². The SMILES string of the molecule is CSc1nccc2c1ccc1cccnc12. The molecule has 1 aromatic carbocycles. The van der Waals surface area contributed by atoms with Gasteiger partial charge >= 0.3 is 0 Å². The summed E-state index contributed by atoms with van der Waals surface area (Å²) in [7, 11) is 0. The number of fused-ring (bicyclic) bond motifs is 3. The fourth-order valence-electron chi connectivity index (χ4n) is 1.93. The van der Waals surface area contributed by atoms with Crippen molar-refractivity contribution in [1.29, 1.82) is 0 Å². The van der Waals surface area contributed by atoms with Gasteiger partial charge in [0, 0.05) is 28.6 Å². The highest BCUT2D eigenvalue weighted by Gasteiger charge is 2.04. The Balaban J connectivity index is 2.52. The Morgan fingerprint density at radius 3 is 2.75 bits per heavy atom. The highest BCUT2D eigenvalue weighted by atomic mass is 32.2. The molecule has 0 unspecified atom stereocenters. The molecule has 0 saturated carbocycles. The smallest absolute Gasteiger partial charge is 0.104 e. The van der Waals surface area contributed by atoms with Crippen molar-refractivity contribution in [3.63, 3.8) is 0 Å². The second-order valence-electron chi connectivity index (χ2n) is 3.56. The maximum atomic E-state index is 4.45. The van der Waals surface area contributed by atoms with Crippen LogP contribution in [-0.2, 0) is 0 Å². The Morgan fingerprint density at radius 1 is 0.938 bits per heavy atom. The van der Waals surface area contributed by atoms with Gasteiger partial charge in [-0.25, -0.2) is 4.98 Å². The third-order valence-corrected chi connectivity index (χ3v) is 3.38. The number of nitrogens with zero attached hydrogens (tertiary/aromatic N) is 2. The quantitative estimate of drug-likeness (QED) is 0.469. The summed E-state index contributed by atoms with van der Waals surface area (Å²) in [5.41, 5.74) is 1.05. The summed E-state index contributed by atoms with van der Waals surface area (Å²) in [5, 5.41) is 4.59. The van der Waals surface area contributed by atoms with E-state index < -0.39 is 0 Å². The normalized spacial score (nSPS) is 11.1. The lowest BCUT2D eigenvalue weighted by Gasteiger charge is -2.05. The number of hydrogen-bond acceptors (Lipinski definition) is 3. The number of benzene rings is 1. The van der Waals surface area contributed by atoms with E-state index in [0.717, 1.165) is 10.5 Å². The Bertz CT molecular complexity index is 664. The van der Waals surface area contributed by atoms with Gasteiger partial charge in [-0.05, 0) is 18.4 Å². The van der Waals surface area contributed by atoms with E-state index in [2.05, 4.69) is 28.2 Å². The molecule has 0 N–H and O–H groups in total. The first-order chi connectivity index (χ1) is 7.90. The first-order valence-electron chi connectivity index (χ1n) is 5.06. The zero-order chi connectivity index (χ0) is 11.0. The average molecular weight is 226 g/mol. The monoisotopic (exact) mass is 226 g/mol. The van der Waals surface area contributed by atoms with Crippen LogP contribution in [0.3, 0.4) is 0 Å². The van der Waals surface area contributed by atoms with Crippen LogP contribution in [0.1, 0.15) is 0 Å². The molecule has 16 heavy (non-hydrogen) atoms. The van der Waals surface area contributed by atoms with Gasteiger partial charge < -0.3 is 0 Å². The number of hydrogen-bond donors (Lipinski definition) is 0. The molecular weight excluding hydrogens is 216 g/mol. The van der Waals surface area contributed by atoms with Crippen LogP contribution in [0.5, 0.6) is 0 Å². The van der Waals surface area contributed by atoms with Crippen molar-refractivity contribution in [3.8, 4) is 0 Å². The van der Waals surface area contributed by atoms with Crippen molar-refractivity contribution in [2.75, 3.05) is 6.26 Å². The van der Waals surface area contributed by atoms with Gasteiger partial charge in [-0.1, -0.05) is 18.2 Å². The van der Waals surface area contributed by atoms with Crippen LogP contribution in [0.2, 0.25) is 0 Å². The zero-order valence-corrected chi connectivity index (χ0v) is 9.66. The van der Waals surface area contributed by atoms with E-state index in [1.54, 1.807) is 11.8 Å². The molecule has 2 heterocycles. The molecule has 0 atom stereocenters. The van der Waals surface area contributed by atoms with Crippen LogP contribution in [0.4, 0.5) is 0 Å². The van der Waals surface area contributed by atoms with Gasteiger partial charge in [0.1, 0.15) is 5.03 Å². The number of pyridine rings is 2. The lowest BCUT2D eigenvalue weighted by Crippen LogP contribution is -1.85. The lowest BCUT2D eigenvalue weighted by atomic mass is 10.1. The molecule has 78 valence electrons. The standard InChI is InChI=1S/C13H10N2S/c1-16-13-11-5-4-9-3-2-7-14-12(9)10(11)6-8-15-13/h2-8H,1H3. The second-order valence-corrected chi connectivity index (χ2v) is 4.35. The molecule has 3 rings (SSSR count). The van der Waals surface area contributed by atoms with Gasteiger partial charge in [0.05, 0.1) is 5.52 Å². The van der Waals surface area contributed by atoms with Crippen LogP contribution in [0.15, 0.2) is 47.8 Å². The molecule has 0 fully saturated rings. The highest BCUT2D eigenvalue weighted by molar-refractivity contribution is 7.98. The fraction of sp³-hybridized carbons (Fsp3) is 0.0769. The van der Waals surface area contributed by atoms with Gasteiger partial charge in [-0.2, -0.15) is 0 Å². The van der Waals surface area contributed by atoms with Gasteiger partial charge in [-0.3, -0.25) is 4.98 Å². The molecule has 0 bridgehead atoms. The van der Waals surface area contributed by atoms with E-state index in [1.165, 1.54) is 16.2 Å². The van der Waals surface area contributed by atoms with E-state index in [0.29, 0.717) is 0 Å². The Labute approximate surface area is 97.7 Å². The van der Waals surface area contributed by atoms with E-state index >= 15 is 0 Å². The first-order valence-corrected chi connectivity index (χ1v) is 6.29. The summed E-state index contributed by atoms with van der Waals surface area (Å²) in [4.78, 5) is 8.82. The topological polar surface area (TPSA) is 25.8 Å². The van der Waals surface area contributed by atoms with Crippen LogP contribution >= 0.6 is 11.8 Å². The molecule has 3 heteroatoms. The van der Waals surface area contributed by atoms with Crippen LogP contribution in [0, 0.1) is 0 Å². The number of thioether (sulfide) groups is 1. The van der Waals surface area contributed by atoms with Crippen molar-refractivity contribution < 1.29 is 0 Å². The molecule has 0 aliphatic carbocycles. The molecule has 0 radical (unpaired) electrons. The zero-order valence-electron chi connectivity index (χ0n) is 8.84. The largest absolute Gasteiger partial charge is 0.256 e. The van der Waals surface area contributed by atoms with Gasteiger partial charge in [0.2, 0.25) is 0 Å². The molecule has 3 aromatic rings. The van der Waals surface area contributed by atoms with E-state index in [9.17, 15) is 0 Å². The van der Waals surface area contributed by atoms with Crippen molar-refractivity contribution >= 4 is 33.4 Å².